The maximum absolute atomic E-state index is 10.6. The van der Waals surface area contributed by atoms with Crippen molar-refractivity contribution in [3.05, 3.63) is 0 Å². The van der Waals surface area contributed by atoms with Crippen LogP contribution in [0.15, 0.2) is 0 Å². The summed E-state index contributed by atoms with van der Waals surface area (Å²) in [6.45, 7) is 5.17. The van der Waals surface area contributed by atoms with Crippen molar-refractivity contribution in [1.82, 2.24) is 0 Å². The van der Waals surface area contributed by atoms with Gasteiger partial charge in [0.25, 0.3) is 0 Å². The summed E-state index contributed by atoms with van der Waals surface area (Å²) in [7, 11) is 0. The molecule has 1 saturated carbocycles. The molecule has 1 unspecified atom stereocenters. The molecular weight excluding hydrogens is 166 g/mol. The maximum Gasteiger partial charge on any atom is 0.102 e. The molecule has 76 valence electrons. The van der Waals surface area contributed by atoms with Crippen LogP contribution < -0.4 is 5.73 Å². The minimum Gasteiger partial charge on any atom is -0.386 e. The molecule has 1 atom stereocenters. The average Bonchev–Trinajstić information content (AvgIpc) is 2.79. The number of aliphatic hydroxyl groups is 1. The van der Waals surface area contributed by atoms with Gasteiger partial charge < -0.3 is 15.6 Å². The smallest absolute Gasteiger partial charge is 0.102 e. The minimum absolute atomic E-state index is 0.0486. The molecule has 1 saturated heterocycles. The lowest BCUT2D eigenvalue weighted by Crippen LogP contribution is -2.55. The number of rotatable bonds is 2. The molecule has 13 heavy (non-hydrogen) atoms. The van der Waals surface area contributed by atoms with Crippen LogP contribution in [0.1, 0.15) is 33.1 Å². The Morgan fingerprint density at radius 3 is 2.23 bits per heavy atom. The van der Waals surface area contributed by atoms with Gasteiger partial charge in [0.05, 0.1) is 12.2 Å². The summed E-state index contributed by atoms with van der Waals surface area (Å²) in [4.78, 5) is 0. The number of hydrogen-bond acceptors (Lipinski definition) is 3. The van der Waals surface area contributed by atoms with E-state index in [2.05, 4.69) is 0 Å². The van der Waals surface area contributed by atoms with E-state index in [9.17, 15) is 5.11 Å². The van der Waals surface area contributed by atoms with Gasteiger partial charge in [-0.15, -0.1) is 0 Å². The van der Waals surface area contributed by atoms with Gasteiger partial charge in [0.2, 0.25) is 0 Å². The Balaban J connectivity index is 2.29. The maximum atomic E-state index is 10.6. The fraction of sp³-hybridized carbons (Fsp3) is 1.00. The Bertz CT molecular complexity index is 223. The SMILES string of the molecule is CC1(C)OCCC1(O)C1(CN)CC1. The third-order valence-corrected chi connectivity index (χ3v) is 4.04. The third kappa shape index (κ3) is 1.01. The zero-order valence-corrected chi connectivity index (χ0v) is 8.47. The first-order chi connectivity index (χ1) is 5.97. The summed E-state index contributed by atoms with van der Waals surface area (Å²) in [5.74, 6) is 0. The van der Waals surface area contributed by atoms with Gasteiger partial charge >= 0.3 is 0 Å². The van der Waals surface area contributed by atoms with Crippen molar-refractivity contribution >= 4 is 0 Å². The van der Waals surface area contributed by atoms with Gasteiger partial charge in [-0.1, -0.05) is 0 Å². The zero-order chi connectivity index (χ0) is 9.74. The molecule has 2 aliphatic rings. The van der Waals surface area contributed by atoms with Crippen molar-refractivity contribution in [3.8, 4) is 0 Å². The van der Waals surface area contributed by atoms with Crippen molar-refractivity contribution in [2.24, 2.45) is 11.1 Å². The third-order valence-electron chi connectivity index (χ3n) is 4.04. The molecular formula is C10H19NO2. The van der Waals surface area contributed by atoms with Gasteiger partial charge in [-0.25, -0.2) is 0 Å². The summed E-state index contributed by atoms with van der Waals surface area (Å²) in [5.41, 5.74) is 4.56. The van der Waals surface area contributed by atoms with Gasteiger partial charge in [0.1, 0.15) is 5.60 Å². The van der Waals surface area contributed by atoms with Crippen LogP contribution in [0.25, 0.3) is 0 Å². The van der Waals surface area contributed by atoms with Crippen molar-refractivity contribution in [3.63, 3.8) is 0 Å². The minimum atomic E-state index is -0.700. The Morgan fingerprint density at radius 1 is 1.31 bits per heavy atom. The Labute approximate surface area is 79.3 Å². The number of ether oxygens (including phenoxy) is 1. The van der Waals surface area contributed by atoms with Crippen molar-refractivity contribution in [1.29, 1.82) is 0 Å². The summed E-state index contributed by atoms with van der Waals surface area (Å²) in [5, 5.41) is 10.6. The van der Waals surface area contributed by atoms with Crippen LogP contribution in [0.5, 0.6) is 0 Å². The van der Waals surface area contributed by atoms with Gasteiger partial charge in [0, 0.05) is 18.4 Å². The van der Waals surface area contributed by atoms with Gasteiger partial charge in [-0.2, -0.15) is 0 Å². The van der Waals surface area contributed by atoms with E-state index in [0.29, 0.717) is 13.2 Å². The molecule has 3 heteroatoms. The van der Waals surface area contributed by atoms with Gasteiger partial charge in [-0.05, 0) is 26.7 Å². The lowest BCUT2D eigenvalue weighted by molar-refractivity contribution is -0.136. The van der Waals surface area contributed by atoms with Gasteiger partial charge in [-0.3, -0.25) is 0 Å². The lowest BCUT2D eigenvalue weighted by Gasteiger charge is -2.41. The largest absolute Gasteiger partial charge is 0.386 e. The molecule has 2 rings (SSSR count). The first-order valence-corrected chi connectivity index (χ1v) is 5.04. The molecule has 0 radical (unpaired) electrons. The predicted molar refractivity (Wildman–Crippen MR) is 50.3 cm³/mol. The fourth-order valence-corrected chi connectivity index (χ4v) is 2.72. The van der Waals surface area contributed by atoms with Crippen LogP contribution in [0.2, 0.25) is 0 Å². The molecule has 0 spiro atoms. The molecule has 1 heterocycles. The fourth-order valence-electron chi connectivity index (χ4n) is 2.72. The number of nitrogens with two attached hydrogens (primary N) is 1. The average molecular weight is 185 g/mol. The summed E-state index contributed by atoms with van der Waals surface area (Å²) in [6.07, 6.45) is 2.83. The molecule has 0 aromatic rings. The molecule has 2 fully saturated rings. The highest BCUT2D eigenvalue weighted by Crippen LogP contribution is 2.60. The Kier molecular flexibility index (Phi) is 1.79. The number of hydrogen-bond donors (Lipinski definition) is 2. The molecule has 0 aromatic carbocycles. The van der Waals surface area contributed by atoms with Crippen molar-refractivity contribution in [2.75, 3.05) is 13.2 Å². The van der Waals surface area contributed by atoms with Crippen molar-refractivity contribution in [2.45, 2.75) is 44.3 Å². The lowest BCUT2D eigenvalue weighted by atomic mass is 9.72. The molecule has 0 aromatic heterocycles. The van der Waals surface area contributed by atoms with E-state index in [1.807, 2.05) is 13.8 Å². The summed E-state index contributed by atoms with van der Waals surface area (Å²) < 4.78 is 5.58. The van der Waals surface area contributed by atoms with Crippen LogP contribution in [-0.4, -0.2) is 29.5 Å². The molecule has 1 aliphatic carbocycles. The van der Waals surface area contributed by atoms with E-state index in [0.717, 1.165) is 19.3 Å². The molecule has 3 nitrogen and oxygen atoms in total. The highest BCUT2D eigenvalue weighted by Gasteiger charge is 2.66. The monoisotopic (exact) mass is 185 g/mol. The Hall–Kier alpha value is -0.120. The quantitative estimate of drug-likeness (QED) is 0.664. The van der Waals surface area contributed by atoms with Crippen LogP contribution in [0.3, 0.4) is 0 Å². The second kappa shape index (κ2) is 2.47. The van der Waals surface area contributed by atoms with Crippen LogP contribution >= 0.6 is 0 Å². The predicted octanol–water partition coefficient (Wildman–Crippen LogP) is 0.655. The van der Waals surface area contributed by atoms with Gasteiger partial charge in [0.15, 0.2) is 0 Å². The molecule has 1 aliphatic heterocycles. The highest BCUT2D eigenvalue weighted by molar-refractivity contribution is 5.17. The van der Waals surface area contributed by atoms with Crippen LogP contribution in [0.4, 0.5) is 0 Å². The van der Waals surface area contributed by atoms with E-state index in [-0.39, 0.29) is 5.41 Å². The summed E-state index contributed by atoms with van der Waals surface area (Å²) >= 11 is 0. The highest BCUT2D eigenvalue weighted by atomic mass is 16.5. The first kappa shape index (κ1) is 9.44. The molecule has 3 N–H and O–H groups in total. The first-order valence-electron chi connectivity index (χ1n) is 5.04. The second-order valence-electron chi connectivity index (χ2n) is 4.95. The van der Waals surface area contributed by atoms with E-state index in [1.54, 1.807) is 0 Å². The van der Waals surface area contributed by atoms with Crippen molar-refractivity contribution < 1.29 is 9.84 Å². The molecule has 0 amide bonds. The zero-order valence-electron chi connectivity index (χ0n) is 8.47. The second-order valence-corrected chi connectivity index (χ2v) is 4.95. The topological polar surface area (TPSA) is 55.5 Å². The van der Waals surface area contributed by atoms with Crippen LogP contribution in [0, 0.1) is 5.41 Å². The summed E-state index contributed by atoms with van der Waals surface area (Å²) in [6, 6.07) is 0. The Morgan fingerprint density at radius 2 is 1.92 bits per heavy atom. The normalized spacial score (nSPS) is 40.6. The molecule has 0 bridgehead atoms. The van der Waals surface area contributed by atoms with E-state index in [1.165, 1.54) is 0 Å². The van der Waals surface area contributed by atoms with E-state index < -0.39 is 11.2 Å². The standard InChI is InChI=1S/C10H19NO2/c1-8(2)10(12,5-6-13-8)9(7-11)3-4-9/h12H,3-7,11H2,1-2H3. The van der Waals surface area contributed by atoms with E-state index >= 15 is 0 Å². The van der Waals surface area contributed by atoms with Crippen LogP contribution in [-0.2, 0) is 4.74 Å². The van der Waals surface area contributed by atoms with E-state index in [4.69, 9.17) is 10.5 Å².